The number of aromatic nitrogens is 1. The van der Waals surface area contributed by atoms with E-state index in [0.717, 1.165) is 17.7 Å². The van der Waals surface area contributed by atoms with Crippen molar-refractivity contribution >= 4 is 22.2 Å². The Kier molecular flexibility index (Phi) is 4.24. The summed E-state index contributed by atoms with van der Waals surface area (Å²) < 4.78 is 0. The van der Waals surface area contributed by atoms with Crippen LogP contribution in [0.4, 0.5) is 5.13 Å². The standard InChI is InChI=1S/C21H21N3OS/c1-13-4-7-16(8-5-13)19-11-18(17-9-6-14(2)15(3)10-17)23-24(19)21-22-20(25)12-26-21/h4-10,12,19,25H,11H2,1-3H3. The molecule has 4 nitrogen and oxygen atoms in total. The summed E-state index contributed by atoms with van der Waals surface area (Å²) in [5.41, 5.74) is 7.18. The number of hydrazone groups is 1. The number of aromatic hydroxyl groups is 1. The third-order valence-electron chi connectivity index (χ3n) is 4.89. The number of hydrogen-bond acceptors (Lipinski definition) is 5. The van der Waals surface area contributed by atoms with Crippen LogP contribution in [0, 0.1) is 20.8 Å². The molecule has 5 heteroatoms. The molecule has 0 amide bonds. The van der Waals surface area contributed by atoms with Crippen molar-refractivity contribution in [2.45, 2.75) is 33.2 Å². The van der Waals surface area contributed by atoms with Crippen LogP contribution in [0.5, 0.6) is 5.88 Å². The predicted molar refractivity (Wildman–Crippen MR) is 107 cm³/mol. The minimum absolute atomic E-state index is 0.0440. The van der Waals surface area contributed by atoms with E-state index in [1.54, 1.807) is 5.38 Å². The Balaban J connectivity index is 1.75. The first kappa shape index (κ1) is 16.8. The summed E-state index contributed by atoms with van der Waals surface area (Å²) in [4.78, 5) is 4.24. The molecule has 1 aliphatic rings. The van der Waals surface area contributed by atoms with Crippen LogP contribution in [0.1, 0.15) is 40.3 Å². The molecule has 0 radical (unpaired) electrons. The molecule has 1 unspecified atom stereocenters. The molecule has 2 heterocycles. The van der Waals surface area contributed by atoms with E-state index in [2.05, 4.69) is 68.2 Å². The fourth-order valence-electron chi connectivity index (χ4n) is 3.19. The van der Waals surface area contributed by atoms with E-state index in [4.69, 9.17) is 5.10 Å². The fourth-order valence-corrected chi connectivity index (χ4v) is 3.88. The van der Waals surface area contributed by atoms with Gasteiger partial charge in [0.1, 0.15) is 0 Å². The van der Waals surface area contributed by atoms with Gasteiger partial charge in [0.15, 0.2) is 0 Å². The molecule has 1 atom stereocenters. The highest BCUT2D eigenvalue weighted by Gasteiger charge is 2.31. The van der Waals surface area contributed by atoms with Gasteiger partial charge >= 0.3 is 0 Å². The van der Waals surface area contributed by atoms with Gasteiger partial charge in [-0.25, -0.2) is 5.01 Å². The molecule has 132 valence electrons. The molecule has 0 fully saturated rings. The number of benzene rings is 2. The van der Waals surface area contributed by atoms with Crippen molar-refractivity contribution in [1.29, 1.82) is 0 Å². The molecule has 0 spiro atoms. The van der Waals surface area contributed by atoms with E-state index < -0.39 is 0 Å². The number of thiazole rings is 1. The molecule has 0 bridgehead atoms. The number of nitrogens with zero attached hydrogens (tertiary/aromatic N) is 3. The summed E-state index contributed by atoms with van der Waals surface area (Å²) in [7, 11) is 0. The summed E-state index contributed by atoms with van der Waals surface area (Å²) in [5.74, 6) is 0.0440. The number of hydrogen-bond donors (Lipinski definition) is 1. The average Bonchev–Trinajstić information content (AvgIpc) is 3.24. The molecule has 0 aliphatic carbocycles. The van der Waals surface area contributed by atoms with Gasteiger partial charge in [0.2, 0.25) is 11.0 Å². The van der Waals surface area contributed by atoms with Gasteiger partial charge < -0.3 is 5.11 Å². The molecular weight excluding hydrogens is 342 g/mol. The van der Waals surface area contributed by atoms with Gasteiger partial charge in [0.05, 0.1) is 17.1 Å². The third kappa shape index (κ3) is 3.10. The molecule has 1 N–H and O–H groups in total. The monoisotopic (exact) mass is 363 g/mol. The molecule has 1 aliphatic heterocycles. The lowest BCUT2D eigenvalue weighted by Crippen LogP contribution is -2.18. The fraction of sp³-hybridized carbons (Fsp3) is 0.238. The van der Waals surface area contributed by atoms with Gasteiger partial charge in [-0.05, 0) is 49.1 Å². The zero-order valence-corrected chi connectivity index (χ0v) is 15.9. The first-order valence-corrected chi connectivity index (χ1v) is 9.54. The molecule has 26 heavy (non-hydrogen) atoms. The minimum atomic E-state index is 0.0440. The quantitative estimate of drug-likeness (QED) is 0.702. The molecule has 1 aromatic heterocycles. The Morgan fingerprint density at radius 3 is 2.46 bits per heavy atom. The van der Waals surface area contributed by atoms with E-state index in [-0.39, 0.29) is 11.9 Å². The SMILES string of the molecule is Cc1ccc(C2CC(c3ccc(C)c(C)c3)=NN2c2nc(O)cs2)cc1. The summed E-state index contributed by atoms with van der Waals surface area (Å²) in [6.07, 6.45) is 0.811. The first-order chi connectivity index (χ1) is 12.5. The maximum atomic E-state index is 9.68. The van der Waals surface area contributed by atoms with Crippen LogP contribution in [0.25, 0.3) is 0 Å². The van der Waals surface area contributed by atoms with Crippen LogP contribution < -0.4 is 5.01 Å². The van der Waals surface area contributed by atoms with Crippen LogP contribution in [0.2, 0.25) is 0 Å². The van der Waals surface area contributed by atoms with Crippen molar-refractivity contribution in [2.75, 3.05) is 5.01 Å². The Bertz CT molecular complexity index is 975. The van der Waals surface area contributed by atoms with E-state index in [0.29, 0.717) is 5.13 Å². The van der Waals surface area contributed by atoms with Crippen LogP contribution >= 0.6 is 11.3 Å². The second-order valence-electron chi connectivity index (χ2n) is 6.81. The van der Waals surface area contributed by atoms with Crippen LogP contribution in [0.3, 0.4) is 0 Å². The summed E-state index contributed by atoms with van der Waals surface area (Å²) >= 11 is 1.41. The van der Waals surface area contributed by atoms with Crippen LogP contribution in [-0.4, -0.2) is 15.8 Å². The van der Waals surface area contributed by atoms with Gasteiger partial charge in [0.25, 0.3) is 0 Å². The van der Waals surface area contributed by atoms with Crippen molar-refractivity contribution < 1.29 is 5.11 Å². The Labute approximate surface area is 157 Å². The van der Waals surface area contributed by atoms with E-state index in [9.17, 15) is 5.11 Å². The predicted octanol–water partition coefficient (Wildman–Crippen LogP) is 5.13. The lowest BCUT2D eigenvalue weighted by molar-refractivity contribution is 0.457. The summed E-state index contributed by atoms with van der Waals surface area (Å²) in [5, 5.41) is 18.9. The van der Waals surface area contributed by atoms with Crippen molar-refractivity contribution in [2.24, 2.45) is 5.10 Å². The molecule has 0 saturated carbocycles. The zero-order valence-electron chi connectivity index (χ0n) is 15.1. The number of aryl methyl sites for hydroxylation is 3. The molecule has 2 aromatic carbocycles. The van der Waals surface area contributed by atoms with E-state index in [1.165, 1.54) is 33.6 Å². The summed E-state index contributed by atoms with van der Waals surface area (Å²) in [6.45, 7) is 6.34. The highest BCUT2D eigenvalue weighted by Crippen LogP contribution is 2.39. The maximum Gasteiger partial charge on any atom is 0.223 e. The van der Waals surface area contributed by atoms with Gasteiger partial charge in [0, 0.05) is 6.42 Å². The smallest absolute Gasteiger partial charge is 0.223 e. The second-order valence-corrected chi connectivity index (χ2v) is 7.65. The normalized spacial score (nSPS) is 16.8. The van der Waals surface area contributed by atoms with Gasteiger partial charge in [-0.2, -0.15) is 10.1 Å². The van der Waals surface area contributed by atoms with Crippen LogP contribution in [0.15, 0.2) is 52.9 Å². The molecular formula is C21H21N3OS. The van der Waals surface area contributed by atoms with E-state index >= 15 is 0 Å². The Morgan fingerprint density at radius 1 is 1.04 bits per heavy atom. The largest absolute Gasteiger partial charge is 0.493 e. The lowest BCUT2D eigenvalue weighted by Gasteiger charge is -2.21. The highest BCUT2D eigenvalue weighted by molar-refractivity contribution is 7.13. The van der Waals surface area contributed by atoms with Gasteiger partial charge in [-0.3, -0.25) is 0 Å². The molecule has 0 saturated heterocycles. The Hall–Kier alpha value is -2.66. The lowest BCUT2D eigenvalue weighted by atomic mass is 9.96. The van der Waals surface area contributed by atoms with Crippen molar-refractivity contribution in [3.05, 3.63) is 75.7 Å². The minimum Gasteiger partial charge on any atom is -0.493 e. The Morgan fingerprint density at radius 2 is 1.81 bits per heavy atom. The van der Waals surface area contributed by atoms with Crippen molar-refractivity contribution in [1.82, 2.24) is 4.98 Å². The topological polar surface area (TPSA) is 48.7 Å². The zero-order chi connectivity index (χ0) is 18.3. The second kappa shape index (κ2) is 6.57. The average molecular weight is 363 g/mol. The third-order valence-corrected chi connectivity index (χ3v) is 5.71. The van der Waals surface area contributed by atoms with Gasteiger partial charge in [-0.15, -0.1) is 0 Å². The van der Waals surface area contributed by atoms with Crippen molar-refractivity contribution in [3.8, 4) is 5.88 Å². The van der Waals surface area contributed by atoms with Gasteiger partial charge in [-0.1, -0.05) is 53.3 Å². The highest BCUT2D eigenvalue weighted by atomic mass is 32.1. The summed E-state index contributed by atoms with van der Waals surface area (Å²) in [6, 6.07) is 15.1. The number of anilines is 1. The van der Waals surface area contributed by atoms with Crippen LogP contribution in [-0.2, 0) is 0 Å². The first-order valence-electron chi connectivity index (χ1n) is 8.66. The van der Waals surface area contributed by atoms with Crippen molar-refractivity contribution in [3.63, 3.8) is 0 Å². The van der Waals surface area contributed by atoms with E-state index in [1.807, 2.05) is 5.01 Å². The molecule has 3 aromatic rings. The number of rotatable bonds is 3. The maximum absolute atomic E-state index is 9.68. The molecule has 4 rings (SSSR count).